The minimum Gasteiger partial charge on any atom is -0.497 e. The van der Waals surface area contributed by atoms with Crippen LogP contribution in [0.25, 0.3) is 11.3 Å². The average molecular weight is 498 g/mol. The number of nitrogens with zero attached hydrogens (tertiary/aromatic N) is 2. The predicted molar refractivity (Wildman–Crippen MR) is 133 cm³/mol. The smallest absolute Gasteiger partial charge is 0.322 e. The van der Waals surface area contributed by atoms with Crippen molar-refractivity contribution < 1.29 is 33.0 Å². The van der Waals surface area contributed by atoms with Crippen LogP contribution in [0.3, 0.4) is 0 Å². The molecule has 2 heterocycles. The van der Waals surface area contributed by atoms with Crippen LogP contribution in [0.4, 0.5) is 10.5 Å². The number of carbonyl (C=O) groups excluding carboxylic acids is 1. The number of hydrogen-bond donors (Lipinski definition) is 1. The summed E-state index contributed by atoms with van der Waals surface area (Å²) in [6.45, 7) is 1.39. The van der Waals surface area contributed by atoms with E-state index in [2.05, 4.69) is 10.5 Å². The number of ether oxygens (including phenoxy) is 5. The molecule has 1 aliphatic rings. The van der Waals surface area contributed by atoms with E-state index in [1.165, 1.54) is 0 Å². The van der Waals surface area contributed by atoms with Gasteiger partial charge in [0.25, 0.3) is 0 Å². The van der Waals surface area contributed by atoms with Crippen LogP contribution < -0.4 is 24.3 Å². The zero-order valence-corrected chi connectivity index (χ0v) is 20.9. The fourth-order valence-electron chi connectivity index (χ4n) is 4.07. The number of rotatable bonds is 10. The molecule has 192 valence electrons. The molecule has 1 fully saturated rings. The zero-order chi connectivity index (χ0) is 25.5. The molecule has 2 aromatic carbocycles. The van der Waals surface area contributed by atoms with Crippen LogP contribution in [0, 0.1) is 0 Å². The summed E-state index contributed by atoms with van der Waals surface area (Å²) in [5.74, 6) is 2.72. The van der Waals surface area contributed by atoms with Gasteiger partial charge in [0.15, 0.2) is 17.3 Å². The largest absolute Gasteiger partial charge is 0.497 e. The first-order valence-corrected chi connectivity index (χ1v) is 11.6. The van der Waals surface area contributed by atoms with E-state index in [4.69, 9.17) is 28.2 Å². The molecular weight excluding hydrogens is 466 g/mol. The fraction of sp³-hybridized carbons (Fsp3) is 0.385. The molecule has 0 aliphatic carbocycles. The van der Waals surface area contributed by atoms with E-state index in [0.717, 1.165) is 12.8 Å². The standard InChI is InChI=1S/C26H31N3O7/c1-31-20-9-7-18(8-10-20)27-26(30)29(16-21-6-5-11-35-21)15-19-14-22(36-28-19)17-12-23(32-2)25(34-4)24(13-17)33-3/h7-10,12-14,21H,5-6,11,15-16H2,1-4H3,(H,27,30)/t21-/m0/s1. The maximum atomic E-state index is 13.2. The lowest BCUT2D eigenvalue weighted by atomic mass is 10.1. The monoisotopic (exact) mass is 497 g/mol. The van der Waals surface area contributed by atoms with E-state index in [-0.39, 0.29) is 18.7 Å². The average Bonchev–Trinajstić information content (AvgIpc) is 3.60. The number of anilines is 1. The Kier molecular flexibility index (Phi) is 8.17. The Morgan fingerprint density at radius 1 is 1.03 bits per heavy atom. The number of carbonyl (C=O) groups is 1. The highest BCUT2D eigenvalue weighted by atomic mass is 16.5. The number of methoxy groups -OCH3 is 4. The molecule has 0 spiro atoms. The molecule has 0 bridgehead atoms. The van der Waals surface area contributed by atoms with Crippen molar-refractivity contribution in [2.75, 3.05) is 46.9 Å². The van der Waals surface area contributed by atoms with Crippen LogP contribution in [0.2, 0.25) is 0 Å². The Hall–Kier alpha value is -3.92. The molecule has 0 radical (unpaired) electrons. The van der Waals surface area contributed by atoms with Gasteiger partial charge in [-0.1, -0.05) is 5.16 Å². The van der Waals surface area contributed by atoms with Crippen LogP contribution in [0.15, 0.2) is 47.0 Å². The van der Waals surface area contributed by atoms with Crippen molar-refractivity contribution in [3.63, 3.8) is 0 Å². The van der Waals surface area contributed by atoms with Gasteiger partial charge in [-0.25, -0.2) is 4.79 Å². The third-order valence-corrected chi connectivity index (χ3v) is 5.94. The highest BCUT2D eigenvalue weighted by Gasteiger charge is 2.25. The molecule has 0 saturated carbocycles. The first-order valence-electron chi connectivity index (χ1n) is 11.6. The summed E-state index contributed by atoms with van der Waals surface area (Å²) in [4.78, 5) is 14.9. The first-order chi connectivity index (χ1) is 17.5. The second-order valence-electron chi connectivity index (χ2n) is 8.27. The number of amides is 2. The second kappa shape index (κ2) is 11.7. The van der Waals surface area contributed by atoms with E-state index in [1.807, 2.05) is 0 Å². The van der Waals surface area contributed by atoms with E-state index in [1.54, 1.807) is 75.8 Å². The maximum absolute atomic E-state index is 13.2. The van der Waals surface area contributed by atoms with Gasteiger partial charge in [0.2, 0.25) is 5.75 Å². The lowest BCUT2D eigenvalue weighted by Crippen LogP contribution is -2.39. The summed E-state index contributed by atoms with van der Waals surface area (Å²) in [5.41, 5.74) is 1.97. The molecule has 1 saturated heterocycles. The van der Waals surface area contributed by atoms with E-state index < -0.39 is 0 Å². The van der Waals surface area contributed by atoms with E-state index in [9.17, 15) is 4.79 Å². The van der Waals surface area contributed by atoms with Crippen molar-refractivity contribution >= 4 is 11.7 Å². The van der Waals surface area contributed by atoms with Gasteiger partial charge in [0.1, 0.15) is 11.4 Å². The molecule has 10 heteroatoms. The van der Waals surface area contributed by atoms with Crippen LogP contribution in [0.1, 0.15) is 18.5 Å². The summed E-state index contributed by atoms with van der Waals surface area (Å²) in [7, 11) is 6.25. The Balaban J connectivity index is 1.53. The number of aromatic nitrogens is 1. The van der Waals surface area contributed by atoms with Crippen molar-refractivity contribution in [2.45, 2.75) is 25.5 Å². The Labute approximate surface area is 210 Å². The number of hydrogen-bond acceptors (Lipinski definition) is 8. The van der Waals surface area contributed by atoms with Crippen molar-refractivity contribution in [1.29, 1.82) is 0 Å². The molecule has 1 N–H and O–H groups in total. The fourth-order valence-corrected chi connectivity index (χ4v) is 4.07. The highest BCUT2D eigenvalue weighted by molar-refractivity contribution is 5.89. The van der Waals surface area contributed by atoms with Gasteiger partial charge in [-0.3, -0.25) is 0 Å². The van der Waals surface area contributed by atoms with Gasteiger partial charge >= 0.3 is 6.03 Å². The number of benzene rings is 2. The molecule has 10 nitrogen and oxygen atoms in total. The van der Waals surface area contributed by atoms with Crippen LogP contribution in [-0.2, 0) is 11.3 Å². The minimum atomic E-state index is -0.256. The van der Waals surface area contributed by atoms with Crippen molar-refractivity contribution in [3.8, 4) is 34.3 Å². The first kappa shape index (κ1) is 25.2. The van der Waals surface area contributed by atoms with E-state index in [0.29, 0.717) is 58.9 Å². The molecule has 36 heavy (non-hydrogen) atoms. The molecule has 3 aromatic rings. The van der Waals surface area contributed by atoms with Crippen LogP contribution in [0.5, 0.6) is 23.0 Å². The minimum absolute atomic E-state index is 0.0203. The second-order valence-corrected chi connectivity index (χ2v) is 8.27. The molecule has 1 aliphatic heterocycles. The van der Waals surface area contributed by atoms with Crippen LogP contribution >= 0.6 is 0 Å². The lowest BCUT2D eigenvalue weighted by Gasteiger charge is -2.25. The van der Waals surface area contributed by atoms with Gasteiger partial charge in [0.05, 0.1) is 41.1 Å². The zero-order valence-electron chi connectivity index (χ0n) is 20.9. The summed E-state index contributed by atoms with van der Waals surface area (Å²) in [5, 5.41) is 7.15. The number of nitrogens with one attached hydrogen (secondary N) is 1. The topological polar surface area (TPSA) is 105 Å². The summed E-state index contributed by atoms with van der Waals surface area (Å²) in [6, 6.07) is 12.3. The molecule has 1 aromatic heterocycles. The summed E-state index contributed by atoms with van der Waals surface area (Å²) in [6.07, 6.45) is 1.86. The van der Waals surface area contributed by atoms with E-state index >= 15 is 0 Å². The third kappa shape index (κ3) is 5.83. The molecular formula is C26H31N3O7. The van der Waals surface area contributed by atoms with Crippen molar-refractivity contribution in [3.05, 3.63) is 48.2 Å². The Bertz CT molecular complexity index is 1130. The summed E-state index contributed by atoms with van der Waals surface area (Å²) < 4.78 is 32.8. The summed E-state index contributed by atoms with van der Waals surface area (Å²) >= 11 is 0. The van der Waals surface area contributed by atoms with Crippen LogP contribution in [-0.4, -0.2) is 63.8 Å². The SMILES string of the molecule is COc1ccc(NC(=O)N(Cc2cc(-c3cc(OC)c(OC)c(OC)c3)on2)C[C@@H]2CCCO2)cc1. The van der Waals surface area contributed by atoms with Gasteiger partial charge in [-0.2, -0.15) is 0 Å². The van der Waals surface area contributed by atoms with Gasteiger partial charge < -0.3 is 38.4 Å². The van der Waals surface area contributed by atoms with Gasteiger partial charge in [-0.05, 0) is 49.2 Å². The van der Waals surface area contributed by atoms with Crippen molar-refractivity contribution in [2.24, 2.45) is 0 Å². The third-order valence-electron chi connectivity index (χ3n) is 5.94. The molecule has 4 rings (SSSR count). The van der Waals surface area contributed by atoms with Gasteiger partial charge in [0, 0.05) is 30.5 Å². The Morgan fingerprint density at radius 2 is 1.75 bits per heavy atom. The number of urea groups is 1. The normalized spacial score (nSPS) is 14.8. The van der Waals surface area contributed by atoms with Gasteiger partial charge in [-0.15, -0.1) is 0 Å². The molecule has 1 atom stereocenters. The van der Waals surface area contributed by atoms with Crippen molar-refractivity contribution in [1.82, 2.24) is 10.1 Å². The predicted octanol–water partition coefficient (Wildman–Crippen LogP) is 4.59. The highest BCUT2D eigenvalue weighted by Crippen LogP contribution is 2.41. The maximum Gasteiger partial charge on any atom is 0.322 e. The quantitative estimate of drug-likeness (QED) is 0.434. The lowest BCUT2D eigenvalue weighted by molar-refractivity contribution is 0.0814. The molecule has 0 unspecified atom stereocenters. The Morgan fingerprint density at radius 3 is 2.33 bits per heavy atom. The molecule has 2 amide bonds.